The molecule has 0 atom stereocenters. The molecule has 0 N–H and O–H groups in total. The maximum absolute atomic E-state index is 12.8. The minimum Gasteiger partial charge on any atom is -0.366 e. The van der Waals surface area contributed by atoms with Gasteiger partial charge in [0.2, 0.25) is 0 Å². The largest absolute Gasteiger partial charge is 0.366 e. The van der Waals surface area contributed by atoms with Gasteiger partial charge in [-0.3, -0.25) is 9.59 Å². The summed E-state index contributed by atoms with van der Waals surface area (Å²) in [4.78, 5) is 35.5. The first-order chi connectivity index (χ1) is 10.6. The molecule has 0 amide bonds. The van der Waals surface area contributed by atoms with Crippen molar-refractivity contribution >= 4 is 103 Å². The van der Waals surface area contributed by atoms with Gasteiger partial charge < -0.3 is 9.53 Å². The molecule has 0 aliphatic heterocycles. The van der Waals surface area contributed by atoms with Crippen molar-refractivity contribution in [3.8, 4) is 0 Å². The molecule has 110 valence electrons. The van der Waals surface area contributed by atoms with Crippen LogP contribution in [0.1, 0.15) is 13.3 Å². The molecule has 16 heteroatoms. The Kier molecular flexibility index (Phi) is 11.2. The number of Topliss-reactive ketones (excluding diaryl/α,β-unsaturated/α-hetero) is 2. The van der Waals surface area contributed by atoms with Crippen LogP contribution in [0.5, 0.6) is 0 Å². The van der Waals surface area contributed by atoms with Crippen molar-refractivity contribution in [2.45, 2.75) is 13.3 Å². The molecular weight excluding hydrogens is 278 g/mol. The molecule has 0 saturated carbocycles. The van der Waals surface area contributed by atoms with Crippen molar-refractivity contribution in [3.05, 3.63) is 0 Å². The van der Waals surface area contributed by atoms with Gasteiger partial charge in [-0.25, -0.2) is 0 Å². The molecule has 0 spiro atoms. The van der Waals surface area contributed by atoms with Gasteiger partial charge in [0.25, 0.3) is 0 Å². The minimum atomic E-state index is -0.240. The molecule has 0 unspecified atom stereocenters. The maximum atomic E-state index is 12.8. The molecule has 0 fully saturated rings. The van der Waals surface area contributed by atoms with Crippen LogP contribution >= 0.6 is 0 Å². The number of carbonyl (C=O) groups is 3. The highest BCUT2D eigenvalue weighted by Crippen LogP contribution is 2.03. The lowest BCUT2D eigenvalue weighted by Gasteiger charge is -2.29. The molecule has 23 heavy (non-hydrogen) atoms. The summed E-state index contributed by atoms with van der Waals surface area (Å²) in [7, 11) is 13.7. The summed E-state index contributed by atoms with van der Waals surface area (Å²) >= 11 is 0. The SMILES string of the molecule is BBB(B)B(B(B(B)B)B(B)B)C(=O)CC(=O)COCC(C)=O. The van der Waals surface area contributed by atoms with Crippen LogP contribution in [0.15, 0.2) is 0 Å². The molecule has 0 aromatic heterocycles. The van der Waals surface area contributed by atoms with Crippen molar-refractivity contribution < 1.29 is 19.1 Å². The van der Waals surface area contributed by atoms with E-state index in [1.165, 1.54) is 6.92 Å². The van der Waals surface area contributed by atoms with E-state index in [0.717, 1.165) is 7.06 Å². The zero-order chi connectivity index (χ0) is 18.2. The lowest BCUT2D eigenvalue weighted by molar-refractivity contribution is -0.129. The summed E-state index contributed by atoms with van der Waals surface area (Å²) in [5, 5.41) is 0. The molecule has 0 aromatic rings. The summed E-state index contributed by atoms with van der Waals surface area (Å²) in [6.45, 7) is 1.07. The van der Waals surface area contributed by atoms with Crippen LogP contribution in [0.3, 0.4) is 0 Å². The fourth-order valence-electron chi connectivity index (χ4n) is 3.44. The molecule has 4 nitrogen and oxygen atoms in total. The number of hydrogen-bond acceptors (Lipinski definition) is 4. The van der Waals surface area contributed by atoms with Crippen molar-refractivity contribution in [3.63, 3.8) is 0 Å². The smallest absolute Gasteiger partial charge is 0.164 e. The first kappa shape index (κ1) is 22.7. The number of carbonyl (C=O) groups excluding carboxylic acids is 3. The van der Waals surface area contributed by atoms with Gasteiger partial charge in [-0.1, -0.05) is 0 Å². The van der Waals surface area contributed by atoms with E-state index in [2.05, 4.69) is 46.4 Å². The number of rotatable bonds is 12. The summed E-state index contributed by atoms with van der Waals surface area (Å²) < 4.78 is 5.03. The first-order valence-electron chi connectivity index (χ1n) is 8.73. The molecule has 0 saturated heterocycles. The van der Waals surface area contributed by atoms with Crippen LogP contribution in [0, 0.1) is 0 Å². The molecule has 0 aliphatic carbocycles. The Morgan fingerprint density at radius 2 is 1.52 bits per heavy atom. The monoisotopic (exact) mass is 302 g/mol. The number of hydrogen-bond donors (Lipinski definition) is 0. The van der Waals surface area contributed by atoms with E-state index >= 15 is 0 Å². The molecule has 0 rings (SSSR count). The Morgan fingerprint density at radius 3 is 1.91 bits per heavy atom. The zero-order valence-corrected chi connectivity index (χ0v) is 15.8. The van der Waals surface area contributed by atoms with Crippen molar-refractivity contribution in [1.29, 1.82) is 0 Å². The van der Waals surface area contributed by atoms with Crippen LogP contribution in [-0.4, -0.2) is 116 Å². The Bertz CT molecular complexity index is 408. The predicted octanol–water partition coefficient (Wildman–Crippen LogP) is -8.42. The molecular formula is C7H22B12O4. The van der Waals surface area contributed by atoms with Gasteiger partial charge in [0, 0.05) is 32.6 Å². The van der Waals surface area contributed by atoms with E-state index in [1.807, 2.05) is 0 Å². The van der Waals surface area contributed by atoms with E-state index in [4.69, 9.17) is 4.74 Å². The molecule has 0 bridgehead atoms. The minimum absolute atomic E-state index is 0.0168. The van der Waals surface area contributed by atoms with Crippen molar-refractivity contribution in [1.82, 2.24) is 0 Å². The van der Waals surface area contributed by atoms with Crippen LogP contribution in [0.2, 0.25) is 0 Å². The topological polar surface area (TPSA) is 60.4 Å². The third-order valence-electron chi connectivity index (χ3n) is 4.52. The van der Waals surface area contributed by atoms with E-state index in [0.29, 0.717) is 12.8 Å². The summed E-state index contributed by atoms with van der Waals surface area (Å²) in [6, 6.07) is 0. The van der Waals surface area contributed by atoms with E-state index < -0.39 is 0 Å². The van der Waals surface area contributed by atoms with Gasteiger partial charge in [-0.2, -0.15) is 0 Å². The van der Waals surface area contributed by atoms with Crippen molar-refractivity contribution in [2.75, 3.05) is 13.2 Å². The maximum Gasteiger partial charge on any atom is 0.164 e. The third kappa shape index (κ3) is 8.42. The zero-order valence-electron chi connectivity index (χ0n) is 15.8. The van der Waals surface area contributed by atoms with Crippen LogP contribution in [0.4, 0.5) is 0 Å². The average Bonchev–Trinajstić information content (AvgIpc) is 2.42. The molecule has 0 aromatic carbocycles. The summed E-state index contributed by atoms with van der Waals surface area (Å²) in [5.74, 6) is -0.364. The molecule has 0 heterocycles. The number of ether oxygens (including phenoxy) is 1. The standard InChI is InChI=1S/C7H22B12O4/c1-5(20)3-23-4-6(21)2-7(22)15(18(13)14-8)19(16(9)10)17(11)12/h14H,2-4,8-13H2,1H3. The fourth-order valence-corrected chi connectivity index (χ4v) is 3.44. The molecule has 0 radical (unpaired) electrons. The van der Waals surface area contributed by atoms with E-state index in [1.54, 1.807) is 0 Å². The summed E-state index contributed by atoms with van der Waals surface area (Å²) in [5.41, 5.74) is 0.0168. The highest BCUT2D eigenvalue weighted by atomic mass is 16.5. The van der Waals surface area contributed by atoms with Crippen molar-refractivity contribution in [2.24, 2.45) is 0 Å². The van der Waals surface area contributed by atoms with Gasteiger partial charge in [-0.15, -0.1) is 0 Å². The Labute approximate surface area is 148 Å². The summed E-state index contributed by atoms with van der Waals surface area (Å²) in [6.07, 6.45) is 1.21. The normalized spacial score (nSPS) is 9.61. The average molecular weight is 300 g/mol. The van der Waals surface area contributed by atoms with Crippen LogP contribution in [0.25, 0.3) is 0 Å². The van der Waals surface area contributed by atoms with Gasteiger partial charge in [0.05, 0.1) is 58.5 Å². The quantitative estimate of drug-likeness (QED) is 0.265. The molecule has 0 aliphatic rings. The Balaban J connectivity index is 4.94. The van der Waals surface area contributed by atoms with Gasteiger partial charge in [0.1, 0.15) is 19.7 Å². The number of ketones is 2. The lowest BCUT2D eigenvalue weighted by Crippen LogP contribution is -2.71. The second kappa shape index (κ2) is 11.3. The fraction of sp³-hybridized carbons (Fsp3) is 0.571. The third-order valence-corrected chi connectivity index (χ3v) is 4.52. The van der Waals surface area contributed by atoms with Gasteiger partial charge in [0.15, 0.2) is 11.6 Å². The van der Waals surface area contributed by atoms with Gasteiger partial charge in [-0.05, 0) is 6.92 Å². The Hall–Kier alpha value is -0.251. The lowest BCUT2D eigenvalue weighted by atomic mass is 8.54. The second-order valence-corrected chi connectivity index (χ2v) is 7.35. The first-order valence-corrected chi connectivity index (χ1v) is 8.73. The Morgan fingerprint density at radius 1 is 1.00 bits per heavy atom. The second-order valence-electron chi connectivity index (χ2n) is 7.35. The predicted molar refractivity (Wildman–Crippen MR) is 123 cm³/mol. The highest BCUT2D eigenvalue weighted by molar-refractivity contribution is 8.05. The highest BCUT2D eigenvalue weighted by Gasteiger charge is 2.41. The van der Waals surface area contributed by atoms with E-state index in [-0.39, 0.29) is 56.1 Å². The van der Waals surface area contributed by atoms with Gasteiger partial charge >= 0.3 is 0 Å². The van der Waals surface area contributed by atoms with E-state index in [9.17, 15) is 14.4 Å². The van der Waals surface area contributed by atoms with Crippen LogP contribution < -0.4 is 0 Å². The van der Waals surface area contributed by atoms with Crippen LogP contribution in [-0.2, 0) is 19.1 Å².